The van der Waals surface area contributed by atoms with Gasteiger partial charge in [-0.2, -0.15) is 5.26 Å². The third-order valence-electron chi connectivity index (χ3n) is 3.98. The molecule has 0 saturated carbocycles. The molecule has 0 aliphatic carbocycles. The summed E-state index contributed by atoms with van der Waals surface area (Å²) in [5, 5.41) is 16.4. The molecule has 2 aromatic rings. The Bertz CT molecular complexity index is 867. The fraction of sp³-hybridized carbons (Fsp3) is 0.294. The second-order valence-electron chi connectivity index (χ2n) is 6.63. The summed E-state index contributed by atoms with van der Waals surface area (Å²) < 4.78 is 34.2. The number of nitriles is 1. The number of fused-ring (bicyclic) bond motifs is 1. The lowest BCUT2D eigenvalue weighted by molar-refractivity contribution is 0.375. The van der Waals surface area contributed by atoms with E-state index in [2.05, 4.69) is 10.2 Å². The van der Waals surface area contributed by atoms with Crippen LogP contribution in [0.15, 0.2) is 29.7 Å². The minimum Gasteiger partial charge on any atom is -0.420 e. The fourth-order valence-corrected chi connectivity index (χ4v) is 2.89. The number of benzene rings is 1. The van der Waals surface area contributed by atoms with Crippen molar-refractivity contribution in [2.45, 2.75) is 32.1 Å². The number of nitrogens with two attached hydrogens (primary N) is 1. The molecule has 1 atom stereocenters. The standard InChI is InChI=1S/C17H16F2N4O/c1-17(2,3)14-13-11(12-9(18)5-4-6-10(12)19)8(7-20)15(21)24-16(13)23-22-14/h4-6,11H,21H2,1-3H3,(H,22,23)/t11-/m0/s1. The van der Waals surface area contributed by atoms with E-state index in [-0.39, 0.29) is 22.9 Å². The van der Waals surface area contributed by atoms with Gasteiger partial charge in [0.2, 0.25) is 11.8 Å². The van der Waals surface area contributed by atoms with Crippen molar-refractivity contribution in [3.05, 3.63) is 58.1 Å². The number of halogens is 2. The zero-order valence-corrected chi connectivity index (χ0v) is 13.4. The number of hydrogen-bond acceptors (Lipinski definition) is 4. The van der Waals surface area contributed by atoms with Crippen molar-refractivity contribution in [1.82, 2.24) is 10.2 Å². The third-order valence-corrected chi connectivity index (χ3v) is 3.98. The van der Waals surface area contributed by atoms with Crippen LogP contribution < -0.4 is 10.5 Å². The van der Waals surface area contributed by atoms with Gasteiger partial charge in [0.1, 0.15) is 23.3 Å². The van der Waals surface area contributed by atoms with Crippen LogP contribution in [0.4, 0.5) is 8.78 Å². The van der Waals surface area contributed by atoms with Crippen LogP contribution in [0.1, 0.15) is 43.5 Å². The lowest BCUT2D eigenvalue weighted by Gasteiger charge is -2.27. The minimum absolute atomic E-state index is 0.0431. The molecule has 0 unspecified atom stereocenters. The van der Waals surface area contributed by atoms with Crippen molar-refractivity contribution in [3.63, 3.8) is 0 Å². The topological polar surface area (TPSA) is 87.7 Å². The molecule has 1 aromatic heterocycles. The summed E-state index contributed by atoms with van der Waals surface area (Å²) in [4.78, 5) is 0. The molecule has 0 amide bonds. The molecule has 5 nitrogen and oxygen atoms in total. The highest BCUT2D eigenvalue weighted by Crippen LogP contribution is 2.46. The molecule has 1 aromatic carbocycles. The Labute approximate surface area is 137 Å². The number of rotatable bonds is 1. The first kappa shape index (κ1) is 16.0. The van der Waals surface area contributed by atoms with E-state index in [1.807, 2.05) is 26.8 Å². The predicted octanol–water partition coefficient (Wildman–Crippen LogP) is 3.20. The lowest BCUT2D eigenvalue weighted by Crippen LogP contribution is -2.25. The highest BCUT2D eigenvalue weighted by Gasteiger charge is 2.40. The van der Waals surface area contributed by atoms with Crippen molar-refractivity contribution in [3.8, 4) is 11.9 Å². The third kappa shape index (κ3) is 2.31. The molecule has 24 heavy (non-hydrogen) atoms. The zero-order valence-electron chi connectivity index (χ0n) is 13.4. The number of nitrogens with one attached hydrogen (secondary N) is 1. The molecule has 3 rings (SSSR count). The van der Waals surface area contributed by atoms with Gasteiger partial charge in [-0.25, -0.2) is 8.78 Å². The summed E-state index contributed by atoms with van der Waals surface area (Å²) in [6.45, 7) is 5.76. The van der Waals surface area contributed by atoms with Crippen molar-refractivity contribution in [2.75, 3.05) is 0 Å². The number of allylic oxidation sites excluding steroid dienone is 1. The van der Waals surface area contributed by atoms with Crippen molar-refractivity contribution < 1.29 is 13.5 Å². The molecule has 3 N–H and O–H groups in total. The van der Waals surface area contributed by atoms with E-state index in [1.165, 1.54) is 6.07 Å². The van der Waals surface area contributed by atoms with E-state index in [0.717, 1.165) is 12.1 Å². The zero-order chi connectivity index (χ0) is 17.6. The lowest BCUT2D eigenvalue weighted by atomic mass is 9.78. The first-order valence-electron chi connectivity index (χ1n) is 7.36. The van der Waals surface area contributed by atoms with Crippen molar-refractivity contribution in [1.29, 1.82) is 5.26 Å². The average Bonchev–Trinajstić information content (AvgIpc) is 2.90. The molecular weight excluding hydrogens is 314 g/mol. The summed E-state index contributed by atoms with van der Waals surface area (Å²) in [6, 6.07) is 5.49. The fourth-order valence-electron chi connectivity index (χ4n) is 2.89. The largest absolute Gasteiger partial charge is 0.420 e. The van der Waals surface area contributed by atoms with E-state index in [4.69, 9.17) is 10.5 Å². The smallest absolute Gasteiger partial charge is 0.244 e. The molecule has 1 aliphatic heterocycles. The quantitative estimate of drug-likeness (QED) is 0.840. The summed E-state index contributed by atoms with van der Waals surface area (Å²) in [7, 11) is 0. The molecule has 1 aliphatic rings. The predicted molar refractivity (Wildman–Crippen MR) is 82.9 cm³/mol. The Kier molecular flexibility index (Phi) is 3.56. The van der Waals surface area contributed by atoms with Gasteiger partial charge in [0, 0.05) is 16.7 Å². The maximum atomic E-state index is 14.4. The van der Waals surface area contributed by atoms with Crippen molar-refractivity contribution >= 4 is 0 Å². The van der Waals surface area contributed by atoms with Crippen LogP contribution in [0.5, 0.6) is 5.88 Å². The van der Waals surface area contributed by atoms with Crippen LogP contribution in [0.25, 0.3) is 0 Å². The normalized spacial score (nSPS) is 17.2. The van der Waals surface area contributed by atoms with Gasteiger partial charge in [0.15, 0.2) is 0 Å². The number of nitrogens with zero attached hydrogens (tertiary/aromatic N) is 2. The second-order valence-corrected chi connectivity index (χ2v) is 6.63. The van der Waals surface area contributed by atoms with E-state index in [9.17, 15) is 14.0 Å². The van der Waals surface area contributed by atoms with E-state index >= 15 is 0 Å². The Morgan fingerprint density at radius 1 is 1.25 bits per heavy atom. The number of aromatic nitrogens is 2. The van der Waals surface area contributed by atoms with Gasteiger partial charge in [-0.05, 0) is 12.1 Å². The highest BCUT2D eigenvalue weighted by molar-refractivity contribution is 5.56. The van der Waals surface area contributed by atoms with Gasteiger partial charge < -0.3 is 10.5 Å². The molecule has 0 fully saturated rings. The van der Waals surface area contributed by atoms with Crippen LogP contribution in [0, 0.1) is 23.0 Å². The Morgan fingerprint density at radius 2 is 1.88 bits per heavy atom. The molecule has 7 heteroatoms. The Morgan fingerprint density at radius 3 is 2.42 bits per heavy atom. The molecule has 0 bridgehead atoms. The van der Waals surface area contributed by atoms with Crippen LogP contribution in [-0.2, 0) is 5.41 Å². The molecule has 2 heterocycles. The summed E-state index contributed by atoms with van der Waals surface area (Å²) in [5.41, 5.74) is 6.15. The Balaban J connectivity index is 2.36. The SMILES string of the molecule is CC(C)(C)c1[nH]nc2c1[C@H](c1c(F)cccc1F)C(C#N)=C(N)O2. The van der Waals surface area contributed by atoms with Crippen LogP contribution in [0.3, 0.4) is 0 Å². The van der Waals surface area contributed by atoms with E-state index in [1.54, 1.807) is 0 Å². The maximum absolute atomic E-state index is 14.4. The second kappa shape index (κ2) is 5.34. The van der Waals surface area contributed by atoms with Gasteiger partial charge in [-0.3, -0.25) is 5.10 Å². The summed E-state index contributed by atoms with van der Waals surface area (Å²) in [6.07, 6.45) is 0. The van der Waals surface area contributed by atoms with Crippen LogP contribution in [-0.4, -0.2) is 10.2 Å². The molecule has 0 saturated heterocycles. The first-order chi connectivity index (χ1) is 11.3. The number of hydrogen-bond donors (Lipinski definition) is 2. The monoisotopic (exact) mass is 330 g/mol. The van der Waals surface area contributed by atoms with Crippen LogP contribution >= 0.6 is 0 Å². The van der Waals surface area contributed by atoms with Gasteiger partial charge in [0.05, 0.1) is 11.5 Å². The van der Waals surface area contributed by atoms with Gasteiger partial charge >= 0.3 is 0 Å². The van der Waals surface area contributed by atoms with Gasteiger partial charge in [0.25, 0.3) is 0 Å². The first-order valence-corrected chi connectivity index (χ1v) is 7.36. The average molecular weight is 330 g/mol. The molecule has 0 radical (unpaired) electrons. The molecule has 124 valence electrons. The maximum Gasteiger partial charge on any atom is 0.244 e. The number of aromatic amines is 1. The summed E-state index contributed by atoms with van der Waals surface area (Å²) in [5.74, 6) is -2.61. The summed E-state index contributed by atoms with van der Waals surface area (Å²) >= 11 is 0. The van der Waals surface area contributed by atoms with Gasteiger partial charge in [-0.1, -0.05) is 26.8 Å². The van der Waals surface area contributed by atoms with Crippen molar-refractivity contribution in [2.24, 2.45) is 5.73 Å². The van der Waals surface area contributed by atoms with E-state index < -0.39 is 23.0 Å². The minimum atomic E-state index is -1.02. The molecule has 0 spiro atoms. The van der Waals surface area contributed by atoms with Gasteiger partial charge in [-0.15, -0.1) is 5.10 Å². The highest BCUT2D eigenvalue weighted by atomic mass is 19.1. The Hall–Kier alpha value is -2.88. The number of H-pyrrole nitrogens is 1. The van der Waals surface area contributed by atoms with E-state index in [0.29, 0.717) is 11.3 Å². The van der Waals surface area contributed by atoms with Crippen LogP contribution in [0.2, 0.25) is 0 Å². The molecular formula is C17H16F2N4O. The number of ether oxygens (including phenoxy) is 1.